The second-order valence-corrected chi connectivity index (χ2v) is 8.76. The molecule has 1 aliphatic carbocycles. The van der Waals surface area contributed by atoms with E-state index in [0.29, 0.717) is 18.3 Å². The molecule has 28 heavy (non-hydrogen) atoms. The van der Waals surface area contributed by atoms with Crippen LogP contribution in [0.2, 0.25) is 0 Å². The van der Waals surface area contributed by atoms with Crippen LogP contribution in [0.15, 0.2) is 24.3 Å². The molecule has 2 fully saturated rings. The monoisotopic (exact) mass is 380 g/mol. The van der Waals surface area contributed by atoms with Crippen molar-refractivity contribution in [3.05, 3.63) is 52.3 Å². The van der Waals surface area contributed by atoms with Crippen LogP contribution in [0.3, 0.4) is 0 Å². The molecule has 2 aromatic rings. The third-order valence-electron chi connectivity index (χ3n) is 6.84. The number of carbonyl (C=O) groups excluding carboxylic acids is 1. The molecule has 0 radical (unpaired) electrons. The van der Waals surface area contributed by atoms with Gasteiger partial charge in [-0.1, -0.05) is 29.8 Å². The molecule has 5 heteroatoms. The van der Waals surface area contributed by atoms with Gasteiger partial charge in [0, 0.05) is 31.2 Å². The molecule has 1 saturated carbocycles. The number of hydrogen-bond acceptors (Lipinski definition) is 3. The second-order valence-electron chi connectivity index (χ2n) is 8.76. The molecule has 2 N–H and O–H groups in total. The molecule has 3 unspecified atom stereocenters. The molecular formula is C23H32N4O. The quantitative estimate of drug-likeness (QED) is 0.867. The predicted molar refractivity (Wildman–Crippen MR) is 111 cm³/mol. The van der Waals surface area contributed by atoms with Crippen LogP contribution in [0.4, 0.5) is 0 Å². The Labute approximate surface area is 167 Å². The maximum atomic E-state index is 12.8. The number of benzene rings is 1. The lowest BCUT2D eigenvalue weighted by molar-refractivity contribution is -0.130. The van der Waals surface area contributed by atoms with Crippen molar-refractivity contribution < 1.29 is 4.79 Å². The summed E-state index contributed by atoms with van der Waals surface area (Å²) < 4.78 is 2.07. The first kappa shape index (κ1) is 19.2. The van der Waals surface area contributed by atoms with Crippen molar-refractivity contribution in [1.29, 1.82) is 0 Å². The van der Waals surface area contributed by atoms with Crippen LogP contribution in [0.1, 0.15) is 47.3 Å². The van der Waals surface area contributed by atoms with E-state index in [0.717, 1.165) is 38.2 Å². The molecule has 0 bridgehead atoms. The number of aryl methyl sites for hydroxylation is 2. The third-order valence-corrected chi connectivity index (χ3v) is 6.84. The minimum Gasteiger partial charge on any atom is -0.342 e. The zero-order valence-corrected chi connectivity index (χ0v) is 17.3. The van der Waals surface area contributed by atoms with Gasteiger partial charge in [-0.15, -0.1) is 0 Å². The van der Waals surface area contributed by atoms with Crippen molar-refractivity contribution in [2.45, 2.75) is 59.0 Å². The van der Waals surface area contributed by atoms with Gasteiger partial charge in [0.05, 0.1) is 12.2 Å². The second kappa shape index (κ2) is 7.70. The van der Waals surface area contributed by atoms with Gasteiger partial charge < -0.3 is 10.6 Å². The minimum atomic E-state index is 0.270. The Hall–Kier alpha value is -2.14. The summed E-state index contributed by atoms with van der Waals surface area (Å²) in [6.45, 7) is 8.81. The van der Waals surface area contributed by atoms with Crippen LogP contribution in [0.25, 0.3) is 0 Å². The highest BCUT2D eigenvalue weighted by atomic mass is 16.2. The zero-order valence-electron chi connectivity index (χ0n) is 17.3. The summed E-state index contributed by atoms with van der Waals surface area (Å²) in [4.78, 5) is 14.8. The first-order valence-electron chi connectivity index (χ1n) is 10.5. The van der Waals surface area contributed by atoms with Gasteiger partial charge in [0.2, 0.25) is 5.91 Å². The fourth-order valence-corrected chi connectivity index (χ4v) is 5.02. The van der Waals surface area contributed by atoms with E-state index < -0.39 is 0 Å². The largest absolute Gasteiger partial charge is 0.342 e. The number of nitrogens with zero attached hydrogens (tertiary/aromatic N) is 3. The Bertz CT molecular complexity index is 854. The number of aromatic nitrogens is 2. The van der Waals surface area contributed by atoms with E-state index in [1.165, 1.54) is 28.8 Å². The number of likely N-dealkylation sites (tertiary alicyclic amines) is 1. The van der Waals surface area contributed by atoms with E-state index in [2.05, 4.69) is 54.6 Å². The Morgan fingerprint density at radius 3 is 2.61 bits per heavy atom. The number of carbonyl (C=O) groups is 1. The van der Waals surface area contributed by atoms with Crippen molar-refractivity contribution in [1.82, 2.24) is 14.7 Å². The van der Waals surface area contributed by atoms with E-state index in [1.54, 1.807) is 0 Å². The first-order valence-corrected chi connectivity index (χ1v) is 10.5. The molecule has 0 spiro atoms. The first-order chi connectivity index (χ1) is 13.4. The molecule has 150 valence electrons. The summed E-state index contributed by atoms with van der Waals surface area (Å²) in [5.74, 6) is 1.41. The van der Waals surface area contributed by atoms with Gasteiger partial charge in [-0.25, -0.2) is 0 Å². The van der Waals surface area contributed by atoms with Crippen molar-refractivity contribution in [2.24, 2.45) is 17.6 Å². The van der Waals surface area contributed by atoms with Crippen molar-refractivity contribution in [2.75, 3.05) is 13.1 Å². The lowest BCUT2D eigenvalue weighted by atomic mass is 9.98. The fraction of sp³-hybridized carbons (Fsp3) is 0.565. The van der Waals surface area contributed by atoms with E-state index in [9.17, 15) is 4.79 Å². The van der Waals surface area contributed by atoms with Crippen molar-refractivity contribution in [3.63, 3.8) is 0 Å². The summed E-state index contributed by atoms with van der Waals surface area (Å²) in [5, 5.41) is 4.74. The average Bonchev–Trinajstić information content (AvgIpc) is 3.32. The van der Waals surface area contributed by atoms with Crippen LogP contribution < -0.4 is 5.73 Å². The molecule has 2 heterocycles. The number of fused-ring (bicyclic) bond motifs is 1. The smallest absolute Gasteiger partial charge is 0.222 e. The fourth-order valence-electron chi connectivity index (χ4n) is 5.02. The van der Waals surface area contributed by atoms with Crippen LogP contribution in [0.5, 0.6) is 0 Å². The van der Waals surface area contributed by atoms with Gasteiger partial charge in [0.25, 0.3) is 0 Å². The summed E-state index contributed by atoms with van der Waals surface area (Å²) >= 11 is 0. The van der Waals surface area contributed by atoms with Crippen LogP contribution in [-0.2, 0) is 17.8 Å². The highest BCUT2D eigenvalue weighted by molar-refractivity contribution is 5.77. The topological polar surface area (TPSA) is 64.2 Å². The molecular weight excluding hydrogens is 348 g/mol. The normalized spacial score (nSPS) is 24.0. The van der Waals surface area contributed by atoms with E-state index in [4.69, 9.17) is 10.8 Å². The summed E-state index contributed by atoms with van der Waals surface area (Å²) in [6.07, 6.45) is 3.63. The van der Waals surface area contributed by atoms with Crippen LogP contribution in [-0.4, -0.2) is 39.7 Å². The Balaban J connectivity index is 1.38. The highest BCUT2D eigenvalue weighted by Crippen LogP contribution is 2.37. The standard InChI is InChI=1S/C23H32N4O/c1-15-4-6-18(7-5-15)12-27-17(3)20(16(2)25-27)9-11-23(28)26-13-19-8-10-22(24)21(19)14-26/h4-7,19,21-22H,8-14,24H2,1-3H3. The number of rotatable bonds is 5. The van der Waals surface area contributed by atoms with Crippen molar-refractivity contribution in [3.8, 4) is 0 Å². The highest BCUT2D eigenvalue weighted by Gasteiger charge is 2.42. The minimum absolute atomic E-state index is 0.270. The molecule has 1 saturated heterocycles. The molecule has 1 aromatic heterocycles. The number of amides is 1. The van der Waals surface area contributed by atoms with Gasteiger partial charge in [-0.3, -0.25) is 9.48 Å². The van der Waals surface area contributed by atoms with Gasteiger partial charge in [-0.2, -0.15) is 5.10 Å². The lowest BCUT2D eigenvalue weighted by Gasteiger charge is -2.18. The lowest BCUT2D eigenvalue weighted by Crippen LogP contribution is -2.33. The van der Waals surface area contributed by atoms with E-state index in [-0.39, 0.29) is 11.9 Å². The number of nitrogens with two attached hydrogens (primary N) is 1. The molecule has 1 aromatic carbocycles. The maximum absolute atomic E-state index is 12.8. The van der Waals surface area contributed by atoms with Crippen LogP contribution in [0, 0.1) is 32.6 Å². The average molecular weight is 381 g/mol. The SMILES string of the molecule is Cc1ccc(Cn2nc(C)c(CCC(=O)N3CC4CCC(N)C4C3)c2C)cc1. The molecule has 4 rings (SSSR count). The van der Waals surface area contributed by atoms with Gasteiger partial charge in [0.1, 0.15) is 0 Å². The van der Waals surface area contributed by atoms with Gasteiger partial charge >= 0.3 is 0 Å². The van der Waals surface area contributed by atoms with E-state index >= 15 is 0 Å². The van der Waals surface area contributed by atoms with E-state index in [1.807, 2.05) is 0 Å². The molecule has 2 aliphatic rings. The summed E-state index contributed by atoms with van der Waals surface area (Å²) in [5.41, 5.74) is 12.2. The predicted octanol–water partition coefficient (Wildman–Crippen LogP) is 2.98. The zero-order chi connectivity index (χ0) is 19.8. The summed E-state index contributed by atoms with van der Waals surface area (Å²) in [6, 6.07) is 8.87. The Morgan fingerprint density at radius 1 is 1.14 bits per heavy atom. The molecule has 5 nitrogen and oxygen atoms in total. The molecule has 3 atom stereocenters. The number of hydrogen-bond donors (Lipinski definition) is 1. The van der Waals surface area contributed by atoms with Gasteiger partial charge in [-0.05, 0) is 63.0 Å². The summed E-state index contributed by atoms with van der Waals surface area (Å²) in [7, 11) is 0. The molecule has 1 amide bonds. The molecule has 1 aliphatic heterocycles. The van der Waals surface area contributed by atoms with Gasteiger partial charge in [0.15, 0.2) is 0 Å². The maximum Gasteiger partial charge on any atom is 0.222 e. The Kier molecular flexibility index (Phi) is 5.28. The Morgan fingerprint density at radius 2 is 1.89 bits per heavy atom. The van der Waals surface area contributed by atoms with Crippen LogP contribution >= 0.6 is 0 Å². The third kappa shape index (κ3) is 3.72. The van der Waals surface area contributed by atoms with Crippen molar-refractivity contribution >= 4 is 5.91 Å².